The highest BCUT2D eigenvalue weighted by molar-refractivity contribution is 5.94. The van der Waals surface area contributed by atoms with E-state index in [0.717, 1.165) is 27.9 Å². The van der Waals surface area contributed by atoms with E-state index in [-0.39, 0.29) is 24.9 Å². The number of nitrogens with zero attached hydrogens (tertiary/aromatic N) is 2. The third-order valence-corrected chi connectivity index (χ3v) is 5.36. The van der Waals surface area contributed by atoms with Crippen molar-refractivity contribution < 1.29 is 19.1 Å². The zero-order valence-electron chi connectivity index (χ0n) is 17.6. The zero-order chi connectivity index (χ0) is 22.1. The van der Waals surface area contributed by atoms with Crippen LogP contribution in [0.1, 0.15) is 34.6 Å². The first-order valence-electron chi connectivity index (χ1n) is 9.91. The number of methoxy groups -OCH3 is 1. The Hall–Kier alpha value is -3.81. The molecule has 2 heterocycles. The molecule has 0 saturated heterocycles. The van der Waals surface area contributed by atoms with Gasteiger partial charge in [0.15, 0.2) is 18.1 Å². The summed E-state index contributed by atoms with van der Waals surface area (Å²) >= 11 is 0. The third kappa shape index (κ3) is 3.96. The van der Waals surface area contributed by atoms with Crippen LogP contribution < -0.4 is 20.5 Å². The Morgan fingerprint density at radius 2 is 2.03 bits per heavy atom. The molecule has 8 heteroatoms. The van der Waals surface area contributed by atoms with Crippen LogP contribution in [0.4, 0.5) is 5.82 Å². The molecule has 1 unspecified atom stereocenters. The van der Waals surface area contributed by atoms with Gasteiger partial charge < -0.3 is 20.5 Å². The van der Waals surface area contributed by atoms with Crippen molar-refractivity contribution in [3.63, 3.8) is 0 Å². The van der Waals surface area contributed by atoms with E-state index in [4.69, 9.17) is 15.2 Å². The Labute approximate surface area is 180 Å². The molecule has 0 spiro atoms. The monoisotopic (exact) mass is 420 g/mol. The maximum atomic E-state index is 12.6. The van der Waals surface area contributed by atoms with Crippen LogP contribution in [0.5, 0.6) is 11.5 Å². The number of rotatable bonds is 6. The van der Waals surface area contributed by atoms with Crippen molar-refractivity contribution in [3.8, 4) is 17.2 Å². The molecule has 1 atom stereocenters. The number of benzene rings is 2. The zero-order valence-corrected chi connectivity index (χ0v) is 17.6. The van der Waals surface area contributed by atoms with Crippen molar-refractivity contribution in [2.45, 2.75) is 26.2 Å². The van der Waals surface area contributed by atoms with Crippen LogP contribution in [0, 0.1) is 13.8 Å². The Kier molecular flexibility index (Phi) is 5.37. The normalized spacial score (nSPS) is 15.2. The Balaban J connectivity index is 1.73. The van der Waals surface area contributed by atoms with Crippen molar-refractivity contribution in [2.24, 2.45) is 5.73 Å². The summed E-state index contributed by atoms with van der Waals surface area (Å²) in [4.78, 5) is 23.6. The number of hydrogen-bond donors (Lipinski definition) is 2. The SMILES string of the molecule is COc1cc(C2CC(=O)Nc3c2cnn3-c2ccc(C)cc2C)ccc1OCC(N)=O. The molecule has 2 aromatic carbocycles. The number of carbonyl (C=O) groups is 2. The van der Waals surface area contributed by atoms with Crippen molar-refractivity contribution in [2.75, 3.05) is 19.0 Å². The standard InChI is InChI=1S/C23H24N4O4/c1-13-4-6-18(14(2)8-13)27-23-17(11-25-27)16(10-22(29)26-23)15-5-7-19(20(9-15)30-3)31-12-21(24)28/h4-9,11,16H,10,12H2,1-3H3,(H2,24,28)(H,26,29). The highest BCUT2D eigenvalue weighted by atomic mass is 16.5. The van der Waals surface area contributed by atoms with Crippen LogP contribution in [0.3, 0.4) is 0 Å². The van der Waals surface area contributed by atoms with Gasteiger partial charge in [-0.3, -0.25) is 9.59 Å². The lowest BCUT2D eigenvalue weighted by Gasteiger charge is -2.24. The quantitative estimate of drug-likeness (QED) is 0.637. The number of carbonyl (C=O) groups excluding carboxylic acids is 2. The van der Waals surface area contributed by atoms with Gasteiger partial charge in [0.2, 0.25) is 5.91 Å². The molecule has 3 N–H and O–H groups in total. The fourth-order valence-electron chi connectivity index (χ4n) is 3.91. The van der Waals surface area contributed by atoms with Gasteiger partial charge in [-0.15, -0.1) is 0 Å². The van der Waals surface area contributed by atoms with Crippen LogP contribution in [0.15, 0.2) is 42.6 Å². The average molecular weight is 420 g/mol. The Morgan fingerprint density at radius 1 is 1.23 bits per heavy atom. The van der Waals surface area contributed by atoms with Crippen LogP contribution >= 0.6 is 0 Å². The summed E-state index contributed by atoms with van der Waals surface area (Å²) in [5.41, 5.74) is 10.1. The van der Waals surface area contributed by atoms with E-state index >= 15 is 0 Å². The van der Waals surface area contributed by atoms with Crippen LogP contribution in [0.2, 0.25) is 0 Å². The molecular formula is C23H24N4O4. The van der Waals surface area contributed by atoms with Crippen LogP contribution in [-0.4, -0.2) is 35.3 Å². The number of hydrogen-bond acceptors (Lipinski definition) is 5. The van der Waals surface area contributed by atoms with E-state index in [1.54, 1.807) is 16.9 Å². The lowest BCUT2D eigenvalue weighted by molar-refractivity contribution is -0.120. The number of aromatic nitrogens is 2. The largest absolute Gasteiger partial charge is 0.493 e. The summed E-state index contributed by atoms with van der Waals surface area (Å²) in [6.07, 6.45) is 2.08. The van der Waals surface area contributed by atoms with Crippen molar-refractivity contribution in [3.05, 3.63) is 64.8 Å². The van der Waals surface area contributed by atoms with Gasteiger partial charge in [-0.1, -0.05) is 23.8 Å². The number of nitrogens with two attached hydrogens (primary N) is 1. The second kappa shape index (κ2) is 8.14. The van der Waals surface area contributed by atoms with Gasteiger partial charge in [-0.05, 0) is 43.2 Å². The van der Waals surface area contributed by atoms with Gasteiger partial charge in [0.05, 0.1) is 19.0 Å². The second-order valence-electron chi connectivity index (χ2n) is 7.62. The van der Waals surface area contributed by atoms with E-state index in [2.05, 4.69) is 16.5 Å². The second-order valence-corrected chi connectivity index (χ2v) is 7.62. The van der Waals surface area contributed by atoms with Crippen molar-refractivity contribution in [1.82, 2.24) is 9.78 Å². The highest BCUT2D eigenvalue weighted by Gasteiger charge is 2.31. The Bertz CT molecular complexity index is 1170. The van der Waals surface area contributed by atoms with E-state index in [1.807, 2.05) is 38.1 Å². The molecule has 0 aliphatic carbocycles. The summed E-state index contributed by atoms with van der Waals surface area (Å²) < 4.78 is 12.6. The maximum Gasteiger partial charge on any atom is 0.255 e. The summed E-state index contributed by atoms with van der Waals surface area (Å²) in [7, 11) is 1.52. The minimum Gasteiger partial charge on any atom is -0.493 e. The predicted molar refractivity (Wildman–Crippen MR) is 116 cm³/mol. The van der Waals surface area contributed by atoms with Gasteiger partial charge in [0.25, 0.3) is 5.91 Å². The molecule has 1 aliphatic rings. The van der Waals surface area contributed by atoms with Crippen molar-refractivity contribution in [1.29, 1.82) is 0 Å². The fourth-order valence-corrected chi connectivity index (χ4v) is 3.91. The molecular weight excluding hydrogens is 396 g/mol. The lowest BCUT2D eigenvalue weighted by atomic mass is 9.87. The average Bonchev–Trinajstić information content (AvgIpc) is 3.15. The number of aryl methyl sites for hydroxylation is 2. The summed E-state index contributed by atoms with van der Waals surface area (Å²) in [6, 6.07) is 11.5. The molecule has 2 amide bonds. The molecule has 0 saturated carbocycles. The highest BCUT2D eigenvalue weighted by Crippen LogP contribution is 2.41. The number of nitrogens with one attached hydrogen (secondary N) is 1. The van der Waals surface area contributed by atoms with Gasteiger partial charge in [-0.25, -0.2) is 4.68 Å². The smallest absolute Gasteiger partial charge is 0.255 e. The summed E-state index contributed by atoms with van der Waals surface area (Å²) in [5, 5.41) is 7.55. The van der Waals surface area contributed by atoms with E-state index in [0.29, 0.717) is 17.3 Å². The topological polar surface area (TPSA) is 108 Å². The number of amides is 2. The van der Waals surface area contributed by atoms with Gasteiger partial charge in [-0.2, -0.15) is 5.10 Å². The molecule has 4 rings (SSSR count). The van der Waals surface area contributed by atoms with Crippen LogP contribution in [0.25, 0.3) is 5.69 Å². The van der Waals surface area contributed by atoms with Gasteiger partial charge in [0.1, 0.15) is 5.82 Å². The molecule has 0 radical (unpaired) electrons. The van der Waals surface area contributed by atoms with E-state index < -0.39 is 5.91 Å². The molecule has 3 aromatic rings. The van der Waals surface area contributed by atoms with Crippen molar-refractivity contribution >= 4 is 17.6 Å². The molecule has 160 valence electrons. The van der Waals surface area contributed by atoms with E-state index in [1.165, 1.54) is 7.11 Å². The third-order valence-electron chi connectivity index (χ3n) is 5.36. The van der Waals surface area contributed by atoms with E-state index in [9.17, 15) is 9.59 Å². The predicted octanol–water partition coefficient (Wildman–Crippen LogP) is 2.84. The molecule has 31 heavy (non-hydrogen) atoms. The van der Waals surface area contributed by atoms with Gasteiger partial charge >= 0.3 is 0 Å². The Morgan fingerprint density at radius 3 is 2.74 bits per heavy atom. The molecule has 1 aliphatic heterocycles. The van der Waals surface area contributed by atoms with Gasteiger partial charge in [0, 0.05) is 17.9 Å². The molecule has 1 aromatic heterocycles. The lowest BCUT2D eigenvalue weighted by Crippen LogP contribution is -2.24. The fraction of sp³-hybridized carbons (Fsp3) is 0.261. The molecule has 0 fully saturated rings. The number of anilines is 1. The minimum absolute atomic E-state index is 0.0861. The van der Waals surface area contributed by atoms with Crippen LogP contribution in [-0.2, 0) is 9.59 Å². The minimum atomic E-state index is -0.571. The first-order valence-corrected chi connectivity index (χ1v) is 9.91. The number of ether oxygens (including phenoxy) is 2. The molecule has 8 nitrogen and oxygen atoms in total. The first-order chi connectivity index (χ1) is 14.9. The number of primary amides is 1. The maximum absolute atomic E-state index is 12.6. The molecule has 0 bridgehead atoms. The number of fused-ring (bicyclic) bond motifs is 1. The summed E-state index contributed by atoms with van der Waals surface area (Å²) in [5.74, 6) is 0.698. The summed E-state index contributed by atoms with van der Waals surface area (Å²) in [6.45, 7) is 3.82. The first kappa shape index (κ1) is 20.5.